The van der Waals surface area contributed by atoms with Gasteiger partial charge < -0.3 is 16.0 Å². The van der Waals surface area contributed by atoms with E-state index < -0.39 is 48.2 Å². The van der Waals surface area contributed by atoms with Gasteiger partial charge in [0.25, 0.3) is 30.1 Å². The molecule has 0 bridgehead atoms. The fourth-order valence-corrected chi connectivity index (χ4v) is 6.92. The van der Waals surface area contributed by atoms with Crippen molar-refractivity contribution in [3.8, 4) is 0 Å². The van der Waals surface area contributed by atoms with Crippen molar-refractivity contribution in [2.45, 2.75) is 42.4 Å². The Balaban J connectivity index is 1.61. The predicted octanol–water partition coefficient (Wildman–Crippen LogP) is 4.45. The molecule has 15 nitrogen and oxygen atoms in total. The number of nitrogens with one attached hydrogen (secondary N) is 6. The van der Waals surface area contributed by atoms with E-state index in [-0.39, 0.29) is 37.3 Å². The average molecular weight is 729 g/mol. The van der Waals surface area contributed by atoms with Crippen LogP contribution >= 0.6 is 0 Å². The molecule has 258 valence electrons. The Morgan fingerprint density at radius 2 is 0.694 bits per heavy atom. The summed E-state index contributed by atoms with van der Waals surface area (Å²) >= 11 is 0. The lowest BCUT2D eigenvalue weighted by Crippen LogP contribution is -2.36. The maximum atomic E-state index is 12.9. The van der Waals surface area contributed by atoms with Crippen LogP contribution < -0.4 is 30.1 Å². The van der Waals surface area contributed by atoms with Crippen LogP contribution in [0.2, 0.25) is 0 Å². The van der Waals surface area contributed by atoms with Crippen LogP contribution in [0.3, 0.4) is 0 Å². The van der Waals surface area contributed by atoms with Crippen LogP contribution in [0, 0.1) is 27.7 Å². The SMILES string of the molecule is Cc1ccc(S(=O)(=O)NC(=O)Nc2cc(NC(=O)NS(=O)(=O)c3ccc(C)cc3)c(C)c(NC(=O)NS(=O)(=O)c3ccc(C)cc3)c2)cc1. The lowest BCUT2D eigenvalue weighted by atomic mass is 10.1. The molecular weight excluding hydrogens is 697 g/mol. The summed E-state index contributed by atoms with van der Waals surface area (Å²) in [4.78, 5) is 37.9. The molecule has 6 N–H and O–H groups in total. The minimum atomic E-state index is -4.32. The largest absolute Gasteiger partial charge is 0.333 e. The lowest BCUT2D eigenvalue weighted by molar-refractivity contribution is 0.255. The molecule has 0 atom stereocenters. The summed E-state index contributed by atoms with van der Waals surface area (Å²) in [5, 5.41) is 6.93. The van der Waals surface area contributed by atoms with Gasteiger partial charge in [0.1, 0.15) is 0 Å². The van der Waals surface area contributed by atoms with Crippen LogP contribution in [0.4, 0.5) is 31.4 Å². The van der Waals surface area contributed by atoms with Gasteiger partial charge in [-0.15, -0.1) is 0 Å². The molecule has 0 heterocycles. The number of aryl methyl sites for hydroxylation is 3. The molecule has 6 amide bonds. The topological polar surface area (TPSA) is 226 Å². The summed E-state index contributed by atoms with van der Waals surface area (Å²) in [5.74, 6) is 0. The third kappa shape index (κ3) is 9.55. The molecule has 0 saturated carbocycles. The second kappa shape index (κ2) is 14.3. The van der Waals surface area contributed by atoms with E-state index in [4.69, 9.17) is 0 Å². The predicted molar refractivity (Wildman–Crippen MR) is 183 cm³/mol. The van der Waals surface area contributed by atoms with Crippen molar-refractivity contribution in [1.29, 1.82) is 0 Å². The Morgan fingerprint density at radius 3 is 0.980 bits per heavy atom. The molecule has 4 rings (SSSR count). The molecule has 0 aliphatic rings. The molecule has 0 saturated heterocycles. The highest BCUT2D eigenvalue weighted by molar-refractivity contribution is 7.90. The summed E-state index contributed by atoms with van der Waals surface area (Å²) in [6, 6.07) is 15.7. The normalized spacial score (nSPS) is 11.6. The zero-order valence-electron chi connectivity index (χ0n) is 26.5. The lowest BCUT2D eigenvalue weighted by Gasteiger charge is -2.17. The van der Waals surface area contributed by atoms with E-state index in [0.29, 0.717) is 0 Å². The molecule has 18 heteroatoms. The molecule has 0 aliphatic heterocycles. The Labute approximate surface area is 283 Å². The Bertz CT molecular complexity index is 2130. The summed E-state index contributed by atoms with van der Waals surface area (Å²) in [7, 11) is -13.0. The Kier molecular flexibility index (Phi) is 10.6. The Morgan fingerprint density at radius 1 is 0.429 bits per heavy atom. The van der Waals surface area contributed by atoms with Gasteiger partial charge in [-0.1, -0.05) is 53.1 Å². The number of hydrogen-bond acceptors (Lipinski definition) is 9. The molecule has 0 unspecified atom stereocenters. The van der Waals surface area contributed by atoms with E-state index >= 15 is 0 Å². The fraction of sp³-hybridized carbons (Fsp3) is 0.129. The monoisotopic (exact) mass is 728 g/mol. The second-order valence-electron chi connectivity index (χ2n) is 10.8. The highest BCUT2D eigenvalue weighted by atomic mass is 32.2. The number of carbonyl (C=O) groups excluding carboxylic acids is 3. The molecule has 0 aromatic heterocycles. The third-order valence-electron chi connectivity index (χ3n) is 6.84. The maximum absolute atomic E-state index is 12.9. The van der Waals surface area contributed by atoms with Crippen LogP contribution in [0.1, 0.15) is 22.3 Å². The zero-order valence-corrected chi connectivity index (χ0v) is 28.9. The van der Waals surface area contributed by atoms with E-state index in [9.17, 15) is 39.6 Å². The van der Waals surface area contributed by atoms with Crippen LogP contribution in [0.5, 0.6) is 0 Å². The molecule has 4 aromatic rings. The van der Waals surface area contributed by atoms with Crippen LogP contribution in [0.25, 0.3) is 0 Å². The first-order valence-electron chi connectivity index (χ1n) is 14.2. The van der Waals surface area contributed by atoms with Gasteiger partial charge in [-0.05, 0) is 81.8 Å². The summed E-state index contributed by atoms with van der Waals surface area (Å²) < 4.78 is 82.1. The van der Waals surface area contributed by atoms with Gasteiger partial charge in [0, 0.05) is 17.1 Å². The summed E-state index contributed by atoms with van der Waals surface area (Å²) in [6.07, 6.45) is 0. The van der Waals surface area contributed by atoms with Crippen molar-refractivity contribution >= 4 is 65.2 Å². The van der Waals surface area contributed by atoms with Crippen molar-refractivity contribution in [3.63, 3.8) is 0 Å². The smallest absolute Gasteiger partial charge is 0.307 e. The number of urea groups is 3. The molecule has 0 aliphatic carbocycles. The van der Waals surface area contributed by atoms with Crippen LogP contribution in [-0.4, -0.2) is 43.3 Å². The summed E-state index contributed by atoms with van der Waals surface area (Å²) in [5.41, 5.74) is 1.98. The number of rotatable bonds is 9. The van der Waals surface area contributed by atoms with E-state index in [1.54, 1.807) is 20.8 Å². The highest BCUT2D eigenvalue weighted by Crippen LogP contribution is 2.29. The standard InChI is InChI=1S/C31H32N6O9S3/c1-19-5-11-24(12-6-19)47(41,42)35-29(38)32-23-17-27(33-30(39)36-48(43,44)25-13-7-20(2)8-14-25)22(4)28(18-23)34-31(40)37-49(45,46)26-15-9-21(3)10-16-26/h5-18H,1-4H3,(H2,32,35,38)(H2,33,36,39)(H2,34,37,40). The molecule has 4 aromatic carbocycles. The fourth-order valence-electron chi connectivity index (χ4n) is 4.19. The van der Waals surface area contributed by atoms with E-state index in [0.717, 1.165) is 28.8 Å². The van der Waals surface area contributed by atoms with Gasteiger partial charge >= 0.3 is 18.1 Å². The van der Waals surface area contributed by atoms with E-state index in [1.807, 2.05) is 14.2 Å². The Hall–Kier alpha value is -5.46. The van der Waals surface area contributed by atoms with Crippen molar-refractivity contribution in [2.24, 2.45) is 0 Å². The minimum Gasteiger partial charge on any atom is -0.307 e. The number of anilines is 3. The summed E-state index contributed by atoms with van der Waals surface area (Å²) in [6.45, 7) is 6.66. The van der Waals surface area contributed by atoms with Crippen molar-refractivity contribution in [2.75, 3.05) is 16.0 Å². The average Bonchev–Trinajstić information content (AvgIpc) is 2.99. The third-order valence-corrected chi connectivity index (χ3v) is 10.9. The minimum absolute atomic E-state index is 0.101. The first-order valence-corrected chi connectivity index (χ1v) is 18.7. The van der Waals surface area contributed by atoms with Gasteiger partial charge in [0.15, 0.2) is 0 Å². The van der Waals surface area contributed by atoms with Crippen LogP contribution in [-0.2, 0) is 30.1 Å². The van der Waals surface area contributed by atoms with Gasteiger partial charge in [0.2, 0.25) is 0 Å². The first kappa shape index (κ1) is 36.4. The van der Waals surface area contributed by atoms with Crippen molar-refractivity contribution in [3.05, 3.63) is 107 Å². The molecule has 49 heavy (non-hydrogen) atoms. The molecule has 0 fully saturated rings. The van der Waals surface area contributed by atoms with Crippen molar-refractivity contribution < 1.29 is 39.6 Å². The molecule has 0 radical (unpaired) electrons. The quantitative estimate of drug-likeness (QED) is 0.143. The zero-order chi connectivity index (χ0) is 36.1. The van der Waals surface area contributed by atoms with Crippen LogP contribution in [0.15, 0.2) is 99.6 Å². The van der Waals surface area contributed by atoms with Gasteiger partial charge in [-0.25, -0.2) is 53.8 Å². The number of amides is 6. The maximum Gasteiger partial charge on any atom is 0.333 e. The second-order valence-corrected chi connectivity index (χ2v) is 15.9. The molecular formula is C31H32N6O9S3. The van der Waals surface area contributed by atoms with Gasteiger partial charge in [-0.2, -0.15) is 0 Å². The van der Waals surface area contributed by atoms with E-state index in [2.05, 4.69) is 16.0 Å². The molecule has 0 spiro atoms. The van der Waals surface area contributed by atoms with Crippen molar-refractivity contribution in [1.82, 2.24) is 14.2 Å². The van der Waals surface area contributed by atoms with Gasteiger partial charge in [0.05, 0.1) is 14.7 Å². The van der Waals surface area contributed by atoms with E-state index in [1.165, 1.54) is 79.7 Å². The number of benzene rings is 4. The number of carbonyl (C=O) groups is 3. The highest BCUT2D eigenvalue weighted by Gasteiger charge is 2.23. The number of hydrogen-bond donors (Lipinski definition) is 6. The first-order chi connectivity index (χ1) is 22.8. The van der Waals surface area contributed by atoms with Gasteiger partial charge in [-0.3, -0.25) is 0 Å². The number of sulfonamides is 3.